The third kappa shape index (κ3) is 4.57. The van der Waals surface area contributed by atoms with E-state index in [0.29, 0.717) is 23.1 Å². The zero-order valence-electron chi connectivity index (χ0n) is 16.5. The second-order valence-electron chi connectivity index (χ2n) is 7.92. The molecule has 2 aromatic carbocycles. The Morgan fingerprint density at radius 2 is 1.48 bits per heavy atom. The molecule has 2 aromatic rings. The summed E-state index contributed by atoms with van der Waals surface area (Å²) >= 11 is 0. The number of anilines is 2. The standard InChI is InChI=1S/C23H28N2O2/c1-14(2)19-9-6-10-20(15(3)4)21(19)25-23(27)17-7-5-8-18(13-17)24-22(26)16-11-12-16/h5-10,13-16H,11-12H2,1-4H3,(H,24,26)(H,25,27). The Labute approximate surface area is 161 Å². The molecule has 4 nitrogen and oxygen atoms in total. The van der Waals surface area contributed by atoms with E-state index in [1.165, 1.54) is 0 Å². The van der Waals surface area contributed by atoms with Crippen LogP contribution in [0.5, 0.6) is 0 Å². The molecule has 142 valence electrons. The van der Waals surface area contributed by atoms with Gasteiger partial charge in [0.25, 0.3) is 5.91 Å². The SMILES string of the molecule is CC(C)c1cccc(C(C)C)c1NC(=O)c1cccc(NC(=O)C2CC2)c1. The number of rotatable bonds is 6. The minimum Gasteiger partial charge on any atom is -0.326 e. The van der Waals surface area contributed by atoms with Gasteiger partial charge in [-0.05, 0) is 54.0 Å². The van der Waals surface area contributed by atoms with Crippen molar-refractivity contribution < 1.29 is 9.59 Å². The minimum absolute atomic E-state index is 0.0415. The second-order valence-corrected chi connectivity index (χ2v) is 7.92. The number of amides is 2. The number of para-hydroxylation sites is 1. The van der Waals surface area contributed by atoms with Crippen LogP contribution in [-0.4, -0.2) is 11.8 Å². The number of hydrogen-bond acceptors (Lipinski definition) is 2. The van der Waals surface area contributed by atoms with Crippen LogP contribution in [0.2, 0.25) is 0 Å². The van der Waals surface area contributed by atoms with Gasteiger partial charge in [0, 0.05) is 22.9 Å². The molecule has 0 aliphatic heterocycles. The third-order valence-electron chi connectivity index (χ3n) is 4.95. The molecule has 27 heavy (non-hydrogen) atoms. The smallest absolute Gasteiger partial charge is 0.255 e. The maximum atomic E-state index is 12.9. The highest BCUT2D eigenvalue weighted by atomic mass is 16.2. The van der Waals surface area contributed by atoms with Crippen molar-refractivity contribution in [1.82, 2.24) is 0 Å². The van der Waals surface area contributed by atoms with Crippen LogP contribution in [0.25, 0.3) is 0 Å². The topological polar surface area (TPSA) is 58.2 Å². The van der Waals surface area contributed by atoms with E-state index in [9.17, 15) is 9.59 Å². The van der Waals surface area contributed by atoms with E-state index < -0.39 is 0 Å². The van der Waals surface area contributed by atoms with Gasteiger partial charge in [0.15, 0.2) is 0 Å². The second kappa shape index (κ2) is 7.95. The maximum absolute atomic E-state index is 12.9. The summed E-state index contributed by atoms with van der Waals surface area (Å²) in [5.41, 5.74) is 4.37. The average molecular weight is 364 g/mol. The molecule has 0 atom stereocenters. The molecule has 0 unspecified atom stereocenters. The van der Waals surface area contributed by atoms with Gasteiger partial charge in [-0.25, -0.2) is 0 Å². The summed E-state index contributed by atoms with van der Waals surface area (Å²) in [6, 6.07) is 13.3. The van der Waals surface area contributed by atoms with E-state index in [4.69, 9.17) is 0 Å². The van der Waals surface area contributed by atoms with Crippen LogP contribution in [0.4, 0.5) is 11.4 Å². The third-order valence-corrected chi connectivity index (χ3v) is 4.95. The summed E-state index contributed by atoms with van der Waals surface area (Å²) in [5.74, 6) is 0.632. The number of nitrogens with one attached hydrogen (secondary N) is 2. The van der Waals surface area contributed by atoms with Crippen LogP contribution < -0.4 is 10.6 Å². The Kier molecular flexibility index (Phi) is 5.64. The first-order valence-electron chi connectivity index (χ1n) is 9.72. The Balaban J connectivity index is 1.84. The van der Waals surface area contributed by atoms with Crippen molar-refractivity contribution in [1.29, 1.82) is 0 Å². The fourth-order valence-corrected chi connectivity index (χ4v) is 3.21. The van der Waals surface area contributed by atoms with Crippen LogP contribution in [0.15, 0.2) is 42.5 Å². The zero-order chi connectivity index (χ0) is 19.6. The number of hydrogen-bond donors (Lipinski definition) is 2. The molecular weight excluding hydrogens is 336 g/mol. The molecule has 0 spiro atoms. The molecule has 0 bridgehead atoms. The van der Waals surface area contributed by atoms with Crippen molar-refractivity contribution in [3.8, 4) is 0 Å². The molecule has 4 heteroatoms. The molecular formula is C23H28N2O2. The lowest BCUT2D eigenvalue weighted by Gasteiger charge is -2.20. The van der Waals surface area contributed by atoms with Crippen molar-refractivity contribution in [3.63, 3.8) is 0 Å². The van der Waals surface area contributed by atoms with Gasteiger partial charge >= 0.3 is 0 Å². The number of carbonyl (C=O) groups excluding carboxylic acids is 2. The van der Waals surface area contributed by atoms with E-state index in [1.807, 2.05) is 12.1 Å². The molecule has 2 amide bonds. The van der Waals surface area contributed by atoms with Gasteiger partial charge in [-0.1, -0.05) is 52.0 Å². The molecule has 1 aliphatic carbocycles. The average Bonchev–Trinajstić information content (AvgIpc) is 3.47. The van der Waals surface area contributed by atoms with Gasteiger partial charge in [0.2, 0.25) is 5.91 Å². The first kappa shape index (κ1) is 19.2. The summed E-state index contributed by atoms with van der Waals surface area (Å²) in [5, 5.41) is 6.03. The summed E-state index contributed by atoms with van der Waals surface area (Å²) < 4.78 is 0. The molecule has 2 N–H and O–H groups in total. The predicted octanol–water partition coefficient (Wildman–Crippen LogP) is 5.53. The van der Waals surface area contributed by atoms with Gasteiger partial charge in [-0.3, -0.25) is 9.59 Å². The molecule has 1 fully saturated rings. The highest BCUT2D eigenvalue weighted by Crippen LogP contribution is 2.33. The van der Waals surface area contributed by atoms with Gasteiger partial charge in [-0.2, -0.15) is 0 Å². The summed E-state index contributed by atoms with van der Waals surface area (Å²) in [6.45, 7) is 8.51. The number of benzene rings is 2. The van der Waals surface area contributed by atoms with Crippen LogP contribution >= 0.6 is 0 Å². The molecule has 0 aromatic heterocycles. The van der Waals surface area contributed by atoms with Gasteiger partial charge in [0.1, 0.15) is 0 Å². The van der Waals surface area contributed by atoms with Crippen molar-refractivity contribution in [3.05, 3.63) is 59.2 Å². The number of carbonyl (C=O) groups is 2. The van der Waals surface area contributed by atoms with Crippen molar-refractivity contribution >= 4 is 23.2 Å². The Morgan fingerprint density at radius 1 is 0.889 bits per heavy atom. The predicted molar refractivity (Wildman–Crippen MR) is 110 cm³/mol. The molecule has 1 aliphatic rings. The lowest BCUT2D eigenvalue weighted by Crippen LogP contribution is -2.17. The molecule has 0 heterocycles. The minimum atomic E-state index is -0.160. The van der Waals surface area contributed by atoms with Crippen LogP contribution in [-0.2, 0) is 4.79 Å². The summed E-state index contributed by atoms with van der Waals surface area (Å²) in [4.78, 5) is 24.9. The largest absolute Gasteiger partial charge is 0.326 e. The van der Waals surface area contributed by atoms with E-state index in [0.717, 1.165) is 29.7 Å². The quantitative estimate of drug-likeness (QED) is 0.707. The normalized spacial score (nSPS) is 13.7. The van der Waals surface area contributed by atoms with E-state index in [1.54, 1.807) is 18.2 Å². The summed E-state index contributed by atoms with van der Waals surface area (Å²) in [6.07, 6.45) is 1.91. The zero-order valence-corrected chi connectivity index (χ0v) is 16.5. The van der Waals surface area contributed by atoms with E-state index in [-0.39, 0.29) is 17.7 Å². The summed E-state index contributed by atoms with van der Waals surface area (Å²) in [7, 11) is 0. The fraction of sp³-hybridized carbons (Fsp3) is 0.391. The fourth-order valence-electron chi connectivity index (χ4n) is 3.21. The highest BCUT2D eigenvalue weighted by molar-refractivity contribution is 6.06. The first-order chi connectivity index (χ1) is 12.9. The lowest BCUT2D eigenvalue weighted by atomic mass is 9.92. The van der Waals surface area contributed by atoms with Crippen LogP contribution in [0.1, 0.15) is 73.9 Å². The van der Waals surface area contributed by atoms with Crippen molar-refractivity contribution in [2.75, 3.05) is 10.6 Å². The Hall–Kier alpha value is -2.62. The lowest BCUT2D eigenvalue weighted by molar-refractivity contribution is -0.117. The Bertz CT molecular complexity index is 825. The molecule has 0 saturated heterocycles. The van der Waals surface area contributed by atoms with Crippen LogP contribution in [0, 0.1) is 5.92 Å². The van der Waals surface area contributed by atoms with Gasteiger partial charge in [0.05, 0.1) is 0 Å². The highest BCUT2D eigenvalue weighted by Gasteiger charge is 2.29. The molecule has 0 radical (unpaired) electrons. The van der Waals surface area contributed by atoms with Crippen LogP contribution in [0.3, 0.4) is 0 Å². The first-order valence-corrected chi connectivity index (χ1v) is 9.72. The van der Waals surface area contributed by atoms with Crippen molar-refractivity contribution in [2.45, 2.75) is 52.4 Å². The monoisotopic (exact) mass is 364 g/mol. The molecule has 3 rings (SSSR count). The van der Waals surface area contributed by atoms with Crippen molar-refractivity contribution in [2.24, 2.45) is 5.92 Å². The Morgan fingerprint density at radius 3 is 2.04 bits per heavy atom. The maximum Gasteiger partial charge on any atom is 0.255 e. The van der Waals surface area contributed by atoms with E-state index in [2.05, 4.69) is 50.5 Å². The van der Waals surface area contributed by atoms with Gasteiger partial charge in [-0.15, -0.1) is 0 Å². The van der Waals surface area contributed by atoms with E-state index >= 15 is 0 Å². The molecule has 1 saturated carbocycles. The van der Waals surface area contributed by atoms with Gasteiger partial charge < -0.3 is 10.6 Å².